The molecule has 5 rings (SSSR count). The van der Waals surface area contributed by atoms with Gasteiger partial charge in [0.05, 0.1) is 29.5 Å². The van der Waals surface area contributed by atoms with Crippen molar-refractivity contribution in [1.29, 1.82) is 0 Å². The number of anilines is 5. The number of amides is 2. The number of halogens is 1. The smallest absolute Gasteiger partial charge is 0.253 e. The van der Waals surface area contributed by atoms with E-state index in [4.69, 9.17) is 11.6 Å². The molecule has 0 radical (unpaired) electrons. The van der Waals surface area contributed by atoms with Crippen molar-refractivity contribution < 1.29 is 9.59 Å². The Hall–Kier alpha value is -4.22. The third-order valence-corrected chi connectivity index (χ3v) is 6.57. The minimum Gasteiger partial charge on any atom is -0.355 e. The number of nitrogens with zero attached hydrogens (tertiary/aromatic N) is 4. The third-order valence-electron chi connectivity index (χ3n) is 6.29. The number of rotatable bonds is 8. The van der Waals surface area contributed by atoms with Gasteiger partial charge in [-0.05, 0) is 56.3 Å². The number of likely N-dealkylation sites (tertiary alicyclic amines) is 1. The summed E-state index contributed by atoms with van der Waals surface area (Å²) >= 11 is 6.33. The van der Waals surface area contributed by atoms with Gasteiger partial charge in [0, 0.05) is 18.1 Å². The number of para-hydroxylation sites is 1. The number of hydrogen-bond donors (Lipinski definition) is 5. The molecule has 0 unspecified atom stereocenters. The molecule has 11 nitrogen and oxygen atoms in total. The van der Waals surface area contributed by atoms with Crippen LogP contribution < -0.4 is 21.3 Å². The Morgan fingerprint density at radius 1 is 1.05 bits per heavy atom. The first-order chi connectivity index (χ1) is 18.5. The number of piperidine rings is 1. The minimum atomic E-state index is -0.230. The van der Waals surface area contributed by atoms with Gasteiger partial charge in [0.25, 0.3) is 5.91 Å². The van der Waals surface area contributed by atoms with E-state index in [0.29, 0.717) is 46.1 Å². The second kappa shape index (κ2) is 11.4. The van der Waals surface area contributed by atoms with Crippen molar-refractivity contribution in [2.75, 3.05) is 42.6 Å². The molecule has 2 aromatic heterocycles. The van der Waals surface area contributed by atoms with E-state index < -0.39 is 0 Å². The van der Waals surface area contributed by atoms with Crippen molar-refractivity contribution in [3.05, 3.63) is 59.2 Å². The Balaban J connectivity index is 1.29. The predicted octanol–water partition coefficient (Wildman–Crippen LogP) is 4.28. The summed E-state index contributed by atoms with van der Waals surface area (Å²) in [5.74, 6) is 0.851. The highest BCUT2D eigenvalue weighted by Crippen LogP contribution is 2.28. The van der Waals surface area contributed by atoms with Crippen molar-refractivity contribution in [3.8, 4) is 0 Å². The molecule has 0 bridgehead atoms. The molecule has 1 aliphatic heterocycles. The molecule has 1 fully saturated rings. The number of carbonyl (C=O) groups excluding carboxylic acids is 2. The number of H-pyrrole nitrogens is 1. The first-order valence-corrected chi connectivity index (χ1v) is 12.8. The lowest BCUT2D eigenvalue weighted by atomic mass is 10.1. The van der Waals surface area contributed by atoms with E-state index in [1.165, 1.54) is 12.6 Å². The molecule has 196 valence electrons. The first kappa shape index (κ1) is 25.4. The number of nitrogens with one attached hydrogen (secondary N) is 5. The van der Waals surface area contributed by atoms with Crippen LogP contribution >= 0.6 is 11.6 Å². The Kier molecular flexibility index (Phi) is 7.66. The molecule has 4 aromatic rings. The highest BCUT2D eigenvalue weighted by Gasteiger charge is 2.16. The van der Waals surface area contributed by atoms with E-state index in [1.807, 2.05) is 24.3 Å². The van der Waals surface area contributed by atoms with Crippen molar-refractivity contribution in [1.82, 2.24) is 30.4 Å². The number of aromatic nitrogens is 4. The molecule has 2 amide bonds. The average Bonchev–Trinajstić information content (AvgIpc) is 3.32. The summed E-state index contributed by atoms with van der Waals surface area (Å²) in [7, 11) is 1.57. The van der Waals surface area contributed by atoms with Gasteiger partial charge in [0.1, 0.15) is 5.02 Å². The lowest BCUT2D eigenvalue weighted by Gasteiger charge is -2.25. The second-order valence-electron chi connectivity index (χ2n) is 8.98. The fourth-order valence-electron chi connectivity index (χ4n) is 4.38. The molecule has 1 aliphatic rings. The van der Waals surface area contributed by atoms with Crippen LogP contribution in [0.25, 0.3) is 10.9 Å². The van der Waals surface area contributed by atoms with Crippen molar-refractivity contribution in [3.63, 3.8) is 0 Å². The standard InChI is InChI=1S/C26H28ClN9O2/c1-28-25(38)18-7-3-4-8-20(18)31-24-19(27)14-29-26(33-24)30-16-9-10-17-21(13-16)34-35-23(17)32-22(37)15-36-11-5-2-6-12-36/h3-4,7-10,13-14H,2,5-6,11-12,15H2,1H3,(H,28,38)(H2,29,30,31,33)(H2,32,34,35,37). The summed E-state index contributed by atoms with van der Waals surface area (Å²) in [4.78, 5) is 35.7. The zero-order valence-electron chi connectivity index (χ0n) is 20.8. The van der Waals surface area contributed by atoms with Gasteiger partial charge < -0.3 is 21.3 Å². The molecular weight excluding hydrogens is 506 g/mol. The summed E-state index contributed by atoms with van der Waals surface area (Å²) in [6.07, 6.45) is 4.97. The van der Waals surface area contributed by atoms with Crippen LogP contribution in [0.3, 0.4) is 0 Å². The van der Waals surface area contributed by atoms with Crippen molar-refractivity contribution in [2.24, 2.45) is 0 Å². The van der Waals surface area contributed by atoms with Gasteiger partial charge in [-0.3, -0.25) is 19.6 Å². The van der Waals surface area contributed by atoms with Crippen LogP contribution in [-0.2, 0) is 4.79 Å². The third kappa shape index (κ3) is 5.84. The Morgan fingerprint density at radius 3 is 2.68 bits per heavy atom. The molecule has 0 spiro atoms. The molecular formula is C26H28ClN9O2. The van der Waals surface area contributed by atoms with Gasteiger partial charge in [0.15, 0.2) is 11.6 Å². The molecule has 38 heavy (non-hydrogen) atoms. The monoisotopic (exact) mass is 533 g/mol. The van der Waals surface area contributed by atoms with Crippen LogP contribution in [0.4, 0.5) is 29.0 Å². The Morgan fingerprint density at radius 2 is 1.87 bits per heavy atom. The molecule has 0 aliphatic carbocycles. The maximum atomic E-state index is 12.5. The first-order valence-electron chi connectivity index (χ1n) is 12.4. The van der Waals surface area contributed by atoms with Crippen molar-refractivity contribution >= 4 is 63.3 Å². The molecule has 3 heterocycles. The summed E-state index contributed by atoms with van der Waals surface area (Å²) in [5, 5.41) is 20.2. The number of benzene rings is 2. The molecule has 0 atom stereocenters. The van der Waals surface area contributed by atoms with E-state index in [2.05, 4.69) is 46.3 Å². The van der Waals surface area contributed by atoms with E-state index in [1.54, 1.807) is 25.2 Å². The summed E-state index contributed by atoms with van der Waals surface area (Å²) in [6.45, 7) is 2.27. The second-order valence-corrected chi connectivity index (χ2v) is 9.39. The predicted molar refractivity (Wildman–Crippen MR) is 148 cm³/mol. The van der Waals surface area contributed by atoms with Gasteiger partial charge in [-0.2, -0.15) is 10.1 Å². The lowest BCUT2D eigenvalue weighted by Crippen LogP contribution is -2.36. The SMILES string of the molecule is CNC(=O)c1ccccc1Nc1nc(Nc2ccc3c(NC(=O)CN4CCCCC4)n[nH]c3c2)ncc1Cl. The summed E-state index contributed by atoms with van der Waals surface area (Å²) in [6, 6.07) is 12.6. The van der Waals surface area contributed by atoms with Crippen LogP contribution in [0.5, 0.6) is 0 Å². The maximum absolute atomic E-state index is 12.5. The van der Waals surface area contributed by atoms with Crippen LogP contribution in [0.2, 0.25) is 5.02 Å². The minimum absolute atomic E-state index is 0.0740. The zero-order chi connectivity index (χ0) is 26.5. The molecule has 2 aromatic carbocycles. The van der Waals surface area contributed by atoms with E-state index in [9.17, 15) is 9.59 Å². The van der Waals surface area contributed by atoms with Crippen LogP contribution in [0.15, 0.2) is 48.7 Å². The van der Waals surface area contributed by atoms with E-state index >= 15 is 0 Å². The number of carbonyl (C=O) groups is 2. The van der Waals surface area contributed by atoms with Gasteiger partial charge in [-0.25, -0.2) is 4.98 Å². The Bertz CT molecular complexity index is 1470. The summed E-state index contributed by atoms with van der Waals surface area (Å²) < 4.78 is 0. The maximum Gasteiger partial charge on any atom is 0.253 e. The van der Waals surface area contributed by atoms with Crippen LogP contribution in [0, 0.1) is 0 Å². The van der Waals surface area contributed by atoms with Crippen molar-refractivity contribution in [2.45, 2.75) is 19.3 Å². The number of hydrogen-bond acceptors (Lipinski definition) is 8. The largest absolute Gasteiger partial charge is 0.355 e. The number of aromatic amines is 1. The highest BCUT2D eigenvalue weighted by atomic mass is 35.5. The van der Waals surface area contributed by atoms with E-state index in [0.717, 1.165) is 36.8 Å². The van der Waals surface area contributed by atoms with Gasteiger partial charge in [-0.1, -0.05) is 30.2 Å². The molecule has 0 saturated carbocycles. The van der Waals surface area contributed by atoms with E-state index in [-0.39, 0.29) is 11.8 Å². The summed E-state index contributed by atoms with van der Waals surface area (Å²) in [5.41, 5.74) is 2.48. The van der Waals surface area contributed by atoms with Crippen LogP contribution in [-0.4, -0.2) is 63.6 Å². The van der Waals surface area contributed by atoms with Gasteiger partial charge in [-0.15, -0.1) is 0 Å². The molecule has 1 saturated heterocycles. The Labute approximate surface area is 224 Å². The van der Waals surface area contributed by atoms with Crippen LogP contribution in [0.1, 0.15) is 29.6 Å². The average molecular weight is 534 g/mol. The topological polar surface area (TPSA) is 140 Å². The van der Waals surface area contributed by atoms with Gasteiger partial charge >= 0.3 is 0 Å². The van der Waals surface area contributed by atoms with Gasteiger partial charge in [0.2, 0.25) is 11.9 Å². The molecule has 5 N–H and O–H groups in total. The molecule has 12 heteroatoms. The highest BCUT2D eigenvalue weighted by molar-refractivity contribution is 6.33. The fourth-order valence-corrected chi connectivity index (χ4v) is 4.52. The zero-order valence-corrected chi connectivity index (χ0v) is 21.6. The number of fused-ring (bicyclic) bond motifs is 1. The normalized spacial score (nSPS) is 13.7. The quantitative estimate of drug-likeness (QED) is 0.226. The lowest BCUT2D eigenvalue weighted by molar-refractivity contribution is -0.117. The fraction of sp³-hybridized carbons (Fsp3) is 0.269.